The molecule has 7 nitrogen and oxygen atoms in total. The van der Waals surface area contributed by atoms with Gasteiger partial charge in [-0.15, -0.1) is 0 Å². The summed E-state index contributed by atoms with van der Waals surface area (Å²) in [7, 11) is -3.53. The van der Waals surface area contributed by atoms with E-state index in [-0.39, 0.29) is 4.90 Å². The van der Waals surface area contributed by atoms with Crippen molar-refractivity contribution in [2.45, 2.75) is 32.1 Å². The summed E-state index contributed by atoms with van der Waals surface area (Å²) < 4.78 is 30.9. The number of nitrogens with one attached hydrogen (secondary N) is 1. The fourth-order valence-corrected chi connectivity index (χ4v) is 3.48. The molecular formula is C17H24N2O5S. The summed E-state index contributed by atoms with van der Waals surface area (Å²) in [5.74, 6) is -1.09. The first-order valence-electron chi connectivity index (χ1n) is 8.08. The maximum Gasteiger partial charge on any atom is 0.330 e. The number of rotatable bonds is 9. The van der Waals surface area contributed by atoms with Gasteiger partial charge in [-0.25, -0.2) is 13.2 Å². The number of ether oxygens (including phenoxy) is 1. The number of esters is 1. The minimum atomic E-state index is -3.53. The van der Waals surface area contributed by atoms with Crippen LogP contribution in [0.15, 0.2) is 41.3 Å². The molecule has 1 aromatic carbocycles. The minimum absolute atomic E-state index is 0.158. The highest BCUT2D eigenvalue weighted by Gasteiger charge is 2.21. The minimum Gasteiger partial charge on any atom is -0.452 e. The van der Waals surface area contributed by atoms with Crippen molar-refractivity contribution >= 4 is 27.6 Å². The van der Waals surface area contributed by atoms with Crippen LogP contribution in [0.1, 0.15) is 27.2 Å². The standard InChI is InChI=1S/C17H24N2O5S/c1-4-7-8-17(21)24-13-16(20)18-14-9-11-15(12-10-14)25(22,23)19(5-2)6-3/h7-12H,4-6,13H2,1-3H3,(H,18,20)/b8-7+. The van der Waals surface area contributed by atoms with Crippen molar-refractivity contribution in [3.8, 4) is 0 Å². The molecule has 0 aromatic heterocycles. The van der Waals surface area contributed by atoms with E-state index in [0.29, 0.717) is 25.2 Å². The highest BCUT2D eigenvalue weighted by atomic mass is 32.2. The fraction of sp³-hybridized carbons (Fsp3) is 0.412. The van der Waals surface area contributed by atoms with Gasteiger partial charge in [0, 0.05) is 24.9 Å². The van der Waals surface area contributed by atoms with Crippen LogP contribution < -0.4 is 5.32 Å². The lowest BCUT2D eigenvalue weighted by Gasteiger charge is -2.18. The van der Waals surface area contributed by atoms with Crippen molar-refractivity contribution in [2.75, 3.05) is 25.0 Å². The SMILES string of the molecule is CC/C=C/C(=O)OCC(=O)Nc1ccc(S(=O)(=O)N(CC)CC)cc1. The number of benzene rings is 1. The van der Waals surface area contributed by atoms with Gasteiger partial charge in [0.2, 0.25) is 10.0 Å². The van der Waals surface area contributed by atoms with E-state index in [9.17, 15) is 18.0 Å². The van der Waals surface area contributed by atoms with Gasteiger partial charge < -0.3 is 10.1 Å². The second-order valence-corrected chi connectivity index (χ2v) is 7.02. The summed E-state index contributed by atoms with van der Waals surface area (Å²) in [6.45, 7) is 5.77. The zero-order chi connectivity index (χ0) is 18.9. The van der Waals surface area contributed by atoms with E-state index in [1.165, 1.54) is 34.6 Å². The van der Waals surface area contributed by atoms with Crippen molar-refractivity contribution < 1.29 is 22.7 Å². The lowest BCUT2D eigenvalue weighted by molar-refractivity contribution is -0.142. The molecular weight excluding hydrogens is 344 g/mol. The van der Waals surface area contributed by atoms with Gasteiger partial charge >= 0.3 is 5.97 Å². The molecule has 0 unspecified atom stereocenters. The number of carbonyl (C=O) groups is 2. The lowest BCUT2D eigenvalue weighted by atomic mass is 10.3. The molecule has 1 amide bonds. The summed E-state index contributed by atoms with van der Waals surface area (Å²) in [6.07, 6.45) is 3.60. The first kappa shape index (κ1) is 20.9. The van der Waals surface area contributed by atoms with Crippen LogP contribution in [0.3, 0.4) is 0 Å². The molecule has 1 rings (SSSR count). The van der Waals surface area contributed by atoms with E-state index in [2.05, 4.69) is 5.32 Å². The summed E-state index contributed by atoms with van der Waals surface area (Å²) in [5, 5.41) is 2.54. The molecule has 1 N–H and O–H groups in total. The summed E-state index contributed by atoms with van der Waals surface area (Å²) in [4.78, 5) is 23.2. The molecule has 0 saturated heterocycles. The molecule has 25 heavy (non-hydrogen) atoms. The van der Waals surface area contributed by atoms with Gasteiger partial charge in [-0.05, 0) is 30.7 Å². The van der Waals surface area contributed by atoms with Crippen molar-refractivity contribution in [1.29, 1.82) is 0 Å². The molecule has 138 valence electrons. The Morgan fingerprint density at radius 2 is 1.72 bits per heavy atom. The summed E-state index contributed by atoms with van der Waals surface area (Å²) in [5.41, 5.74) is 0.420. The molecule has 0 saturated carbocycles. The molecule has 0 fully saturated rings. The molecule has 0 spiro atoms. The van der Waals surface area contributed by atoms with Crippen LogP contribution in [0.5, 0.6) is 0 Å². The van der Waals surface area contributed by atoms with Gasteiger partial charge in [-0.2, -0.15) is 4.31 Å². The van der Waals surface area contributed by atoms with E-state index in [1.807, 2.05) is 6.92 Å². The Bertz CT molecular complexity index is 707. The number of carbonyl (C=O) groups excluding carboxylic acids is 2. The molecule has 0 bridgehead atoms. The fourth-order valence-electron chi connectivity index (χ4n) is 2.02. The van der Waals surface area contributed by atoms with Crippen molar-refractivity contribution in [1.82, 2.24) is 4.31 Å². The van der Waals surface area contributed by atoms with Crippen molar-refractivity contribution in [2.24, 2.45) is 0 Å². The van der Waals surface area contributed by atoms with Crippen LogP contribution in [0, 0.1) is 0 Å². The quantitative estimate of drug-likeness (QED) is 0.533. The number of allylic oxidation sites excluding steroid dienone is 1. The van der Waals surface area contributed by atoms with Crippen LogP contribution in [-0.2, 0) is 24.3 Å². The number of anilines is 1. The van der Waals surface area contributed by atoms with E-state index < -0.39 is 28.5 Å². The maximum absolute atomic E-state index is 12.4. The molecule has 0 radical (unpaired) electrons. The molecule has 8 heteroatoms. The molecule has 0 heterocycles. The Labute approximate surface area is 148 Å². The Balaban J connectivity index is 2.67. The van der Waals surface area contributed by atoms with Gasteiger partial charge in [0.1, 0.15) is 0 Å². The molecule has 0 aliphatic heterocycles. The topological polar surface area (TPSA) is 92.8 Å². The Kier molecular flexibility index (Phi) is 8.30. The number of hydrogen-bond donors (Lipinski definition) is 1. The van der Waals surface area contributed by atoms with Gasteiger partial charge in [0.05, 0.1) is 4.90 Å². The maximum atomic E-state index is 12.4. The normalized spacial score (nSPS) is 11.7. The van der Waals surface area contributed by atoms with E-state index in [1.54, 1.807) is 19.9 Å². The van der Waals surface area contributed by atoms with E-state index in [4.69, 9.17) is 4.74 Å². The predicted molar refractivity (Wildman–Crippen MR) is 95.6 cm³/mol. The van der Waals surface area contributed by atoms with Crippen LogP contribution in [0.25, 0.3) is 0 Å². The highest BCUT2D eigenvalue weighted by Crippen LogP contribution is 2.18. The predicted octanol–water partition coefficient (Wildman–Crippen LogP) is 2.17. The first-order chi connectivity index (χ1) is 11.8. The second-order valence-electron chi connectivity index (χ2n) is 5.08. The zero-order valence-corrected chi connectivity index (χ0v) is 15.5. The smallest absolute Gasteiger partial charge is 0.330 e. The second kappa shape index (κ2) is 9.95. The Morgan fingerprint density at radius 1 is 1.12 bits per heavy atom. The number of nitrogens with zero attached hydrogens (tertiary/aromatic N) is 1. The molecule has 0 aliphatic carbocycles. The average Bonchev–Trinajstić information content (AvgIpc) is 2.59. The van der Waals surface area contributed by atoms with Crippen LogP contribution >= 0.6 is 0 Å². The van der Waals surface area contributed by atoms with Crippen molar-refractivity contribution in [3.63, 3.8) is 0 Å². The summed E-state index contributed by atoms with van der Waals surface area (Å²) >= 11 is 0. The van der Waals surface area contributed by atoms with E-state index in [0.717, 1.165) is 0 Å². The third-order valence-electron chi connectivity index (χ3n) is 3.32. The van der Waals surface area contributed by atoms with Crippen LogP contribution in [-0.4, -0.2) is 44.3 Å². The third kappa shape index (κ3) is 6.32. The van der Waals surface area contributed by atoms with Crippen molar-refractivity contribution in [3.05, 3.63) is 36.4 Å². The summed E-state index contributed by atoms with van der Waals surface area (Å²) in [6, 6.07) is 5.85. The van der Waals surface area contributed by atoms with E-state index >= 15 is 0 Å². The van der Waals surface area contributed by atoms with Gasteiger partial charge in [-0.3, -0.25) is 4.79 Å². The van der Waals surface area contributed by atoms with Crippen LogP contribution in [0.2, 0.25) is 0 Å². The third-order valence-corrected chi connectivity index (χ3v) is 5.38. The van der Waals surface area contributed by atoms with Gasteiger partial charge in [0.25, 0.3) is 5.91 Å². The Morgan fingerprint density at radius 3 is 2.24 bits per heavy atom. The monoisotopic (exact) mass is 368 g/mol. The molecule has 1 aromatic rings. The largest absolute Gasteiger partial charge is 0.452 e. The highest BCUT2D eigenvalue weighted by molar-refractivity contribution is 7.89. The molecule has 0 atom stereocenters. The Hall–Kier alpha value is -2.19. The average molecular weight is 368 g/mol. The number of hydrogen-bond acceptors (Lipinski definition) is 5. The number of sulfonamides is 1. The van der Waals surface area contributed by atoms with Gasteiger partial charge in [-0.1, -0.05) is 26.8 Å². The number of amides is 1. The zero-order valence-electron chi connectivity index (χ0n) is 14.7. The first-order valence-corrected chi connectivity index (χ1v) is 9.52. The van der Waals surface area contributed by atoms with Gasteiger partial charge in [0.15, 0.2) is 6.61 Å². The molecule has 0 aliphatic rings. The van der Waals surface area contributed by atoms with Crippen LogP contribution in [0.4, 0.5) is 5.69 Å². The lowest BCUT2D eigenvalue weighted by Crippen LogP contribution is -2.30.